The number of amides is 1. The third-order valence-electron chi connectivity index (χ3n) is 3.27. The summed E-state index contributed by atoms with van der Waals surface area (Å²) < 4.78 is 0. The van der Waals surface area contributed by atoms with Gasteiger partial charge in [0.25, 0.3) is 0 Å². The maximum absolute atomic E-state index is 11.8. The summed E-state index contributed by atoms with van der Waals surface area (Å²) in [6.07, 6.45) is 2.19. The number of aliphatic hydroxyl groups is 1. The summed E-state index contributed by atoms with van der Waals surface area (Å²) in [4.78, 5) is 13.7. The van der Waals surface area contributed by atoms with Gasteiger partial charge in [0.1, 0.15) is 0 Å². The molecule has 4 nitrogen and oxygen atoms in total. The van der Waals surface area contributed by atoms with Crippen molar-refractivity contribution in [1.82, 2.24) is 4.90 Å². The molecule has 2 N–H and O–H groups in total. The number of anilines is 1. The molecule has 1 aromatic carbocycles. The first-order valence-electron chi connectivity index (χ1n) is 6.82. The van der Waals surface area contributed by atoms with E-state index in [9.17, 15) is 9.90 Å². The standard InChI is InChI=1S/C15H22N2O2/c1-3-4-12-5-7-13(8-6-12)16-14(18)9-17-10-15(2,19)11-17/h5-8,19H,3-4,9-11H2,1-2H3,(H,16,18). The molecular formula is C15H22N2O2. The van der Waals surface area contributed by atoms with Crippen molar-refractivity contribution in [2.45, 2.75) is 32.3 Å². The van der Waals surface area contributed by atoms with Gasteiger partial charge in [-0.15, -0.1) is 0 Å². The number of benzene rings is 1. The van der Waals surface area contributed by atoms with Crippen LogP contribution in [0.25, 0.3) is 0 Å². The van der Waals surface area contributed by atoms with Crippen molar-refractivity contribution >= 4 is 11.6 Å². The smallest absolute Gasteiger partial charge is 0.238 e. The van der Waals surface area contributed by atoms with E-state index in [0.717, 1.165) is 18.5 Å². The van der Waals surface area contributed by atoms with Crippen molar-refractivity contribution in [2.24, 2.45) is 0 Å². The third kappa shape index (κ3) is 4.04. The maximum Gasteiger partial charge on any atom is 0.238 e. The zero-order valence-electron chi connectivity index (χ0n) is 11.6. The summed E-state index contributed by atoms with van der Waals surface area (Å²) in [6.45, 7) is 5.41. The highest BCUT2D eigenvalue weighted by molar-refractivity contribution is 5.92. The first kappa shape index (κ1) is 14.0. The van der Waals surface area contributed by atoms with Gasteiger partial charge in [-0.3, -0.25) is 9.69 Å². The predicted molar refractivity (Wildman–Crippen MR) is 76.1 cm³/mol. The largest absolute Gasteiger partial charge is 0.388 e. The summed E-state index contributed by atoms with van der Waals surface area (Å²) >= 11 is 0. The number of hydrogen-bond donors (Lipinski definition) is 2. The average Bonchev–Trinajstić information content (AvgIpc) is 2.29. The molecule has 1 amide bonds. The fourth-order valence-corrected chi connectivity index (χ4v) is 2.48. The molecule has 0 unspecified atom stereocenters. The fraction of sp³-hybridized carbons (Fsp3) is 0.533. The van der Waals surface area contributed by atoms with Crippen LogP contribution >= 0.6 is 0 Å². The zero-order valence-corrected chi connectivity index (χ0v) is 11.6. The van der Waals surface area contributed by atoms with E-state index in [0.29, 0.717) is 19.6 Å². The number of nitrogens with one attached hydrogen (secondary N) is 1. The van der Waals surface area contributed by atoms with Gasteiger partial charge in [-0.1, -0.05) is 25.5 Å². The van der Waals surface area contributed by atoms with E-state index in [2.05, 4.69) is 12.2 Å². The number of β-amino-alcohol motifs (C(OH)–C–C–N with tert-alkyl or cyclic N) is 1. The van der Waals surface area contributed by atoms with Crippen LogP contribution in [0.2, 0.25) is 0 Å². The summed E-state index contributed by atoms with van der Waals surface area (Å²) in [7, 11) is 0. The van der Waals surface area contributed by atoms with E-state index in [1.165, 1.54) is 5.56 Å². The molecule has 0 bridgehead atoms. The van der Waals surface area contributed by atoms with Gasteiger partial charge in [-0.25, -0.2) is 0 Å². The monoisotopic (exact) mass is 262 g/mol. The Morgan fingerprint density at radius 3 is 2.53 bits per heavy atom. The minimum absolute atomic E-state index is 0.0289. The second-order valence-corrected chi connectivity index (χ2v) is 5.64. The Morgan fingerprint density at radius 2 is 2.00 bits per heavy atom. The molecule has 1 aliphatic rings. The highest BCUT2D eigenvalue weighted by Gasteiger charge is 2.37. The van der Waals surface area contributed by atoms with Gasteiger partial charge in [0.15, 0.2) is 0 Å². The topological polar surface area (TPSA) is 52.6 Å². The number of aryl methyl sites for hydroxylation is 1. The first-order valence-corrected chi connectivity index (χ1v) is 6.82. The molecule has 19 heavy (non-hydrogen) atoms. The SMILES string of the molecule is CCCc1ccc(NC(=O)CN2CC(C)(O)C2)cc1. The fourth-order valence-electron chi connectivity index (χ4n) is 2.48. The second-order valence-electron chi connectivity index (χ2n) is 5.64. The van der Waals surface area contributed by atoms with Crippen molar-refractivity contribution in [3.8, 4) is 0 Å². The third-order valence-corrected chi connectivity index (χ3v) is 3.27. The van der Waals surface area contributed by atoms with Crippen LogP contribution in [0.3, 0.4) is 0 Å². The molecule has 0 aliphatic carbocycles. The van der Waals surface area contributed by atoms with E-state index < -0.39 is 5.60 Å². The van der Waals surface area contributed by atoms with Crippen LogP contribution in [0.15, 0.2) is 24.3 Å². The Kier molecular flexibility index (Phi) is 4.22. The van der Waals surface area contributed by atoms with Gasteiger partial charge in [0.05, 0.1) is 12.1 Å². The molecule has 104 valence electrons. The minimum atomic E-state index is -0.623. The van der Waals surface area contributed by atoms with Gasteiger partial charge < -0.3 is 10.4 Å². The second kappa shape index (κ2) is 5.72. The Labute approximate surface area is 114 Å². The molecule has 0 radical (unpaired) electrons. The summed E-state index contributed by atoms with van der Waals surface area (Å²) in [5.41, 5.74) is 1.50. The molecule has 1 aromatic rings. The number of hydrogen-bond acceptors (Lipinski definition) is 3. The van der Waals surface area contributed by atoms with Gasteiger partial charge >= 0.3 is 0 Å². The van der Waals surface area contributed by atoms with Crippen LogP contribution in [0.5, 0.6) is 0 Å². The Balaban J connectivity index is 1.79. The first-order chi connectivity index (χ1) is 8.98. The molecule has 0 spiro atoms. The van der Waals surface area contributed by atoms with Crippen LogP contribution < -0.4 is 5.32 Å². The van der Waals surface area contributed by atoms with E-state index in [1.54, 1.807) is 6.92 Å². The molecule has 1 saturated heterocycles. The number of rotatable bonds is 5. The lowest BCUT2D eigenvalue weighted by molar-refractivity contribution is -0.125. The lowest BCUT2D eigenvalue weighted by Crippen LogP contribution is -2.61. The number of carbonyl (C=O) groups is 1. The van der Waals surface area contributed by atoms with Crippen molar-refractivity contribution in [3.63, 3.8) is 0 Å². The number of nitrogens with zero attached hydrogens (tertiary/aromatic N) is 1. The van der Waals surface area contributed by atoms with Gasteiger partial charge in [-0.05, 0) is 31.0 Å². The highest BCUT2D eigenvalue weighted by atomic mass is 16.3. The van der Waals surface area contributed by atoms with Gasteiger partial charge in [0.2, 0.25) is 5.91 Å². The molecule has 1 aliphatic heterocycles. The van der Waals surface area contributed by atoms with Crippen LogP contribution in [0.1, 0.15) is 25.8 Å². The van der Waals surface area contributed by atoms with Crippen LogP contribution in [-0.2, 0) is 11.2 Å². The molecule has 0 saturated carbocycles. The molecule has 1 heterocycles. The Hall–Kier alpha value is -1.39. The maximum atomic E-state index is 11.8. The minimum Gasteiger partial charge on any atom is -0.388 e. The molecule has 1 fully saturated rings. The van der Waals surface area contributed by atoms with E-state index in [1.807, 2.05) is 29.2 Å². The van der Waals surface area contributed by atoms with E-state index >= 15 is 0 Å². The van der Waals surface area contributed by atoms with Crippen molar-refractivity contribution in [1.29, 1.82) is 0 Å². The lowest BCUT2D eigenvalue weighted by atomic mass is 9.97. The zero-order chi connectivity index (χ0) is 13.9. The molecule has 0 aromatic heterocycles. The summed E-state index contributed by atoms with van der Waals surface area (Å²) in [6, 6.07) is 7.98. The van der Waals surface area contributed by atoms with Crippen LogP contribution in [-0.4, -0.2) is 41.1 Å². The normalized spacial score (nSPS) is 17.8. The van der Waals surface area contributed by atoms with Crippen molar-refractivity contribution in [3.05, 3.63) is 29.8 Å². The summed E-state index contributed by atoms with van der Waals surface area (Å²) in [5.74, 6) is -0.0289. The van der Waals surface area contributed by atoms with Crippen LogP contribution in [0, 0.1) is 0 Å². The van der Waals surface area contributed by atoms with Gasteiger partial charge in [0, 0.05) is 18.8 Å². The molecule has 4 heteroatoms. The Morgan fingerprint density at radius 1 is 1.37 bits per heavy atom. The Bertz CT molecular complexity index is 432. The van der Waals surface area contributed by atoms with Gasteiger partial charge in [-0.2, -0.15) is 0 Å². The van der Waals surface area contributed by atoms with Crippen molar-refractivity contribution < 1.29 is 9.90 Å². The molecule has 2 rings (SSSR count). The van der Waals surface area contributed by atoms with Crippen molar-refractivity contribution in [2.75, 3.05) is 25.0 Å². The van der Waals surface area contributed by atoms with E-state index in [4.69, 9.17) is 0 Å². The molecule has 0 atom stereocenters. The number of carbonyl (C=O) groups excluding carboxylic acids is 1. The van der Waals surface area contributed by atoms with Crippen LogP contribution in [0.4, 0.5) is 5.69 Å². The van der Waals surface area contributed by atoms with E-state index in [-0.39, 0.29) is 5.91 Å². The quantitative estimate of drug-likeness (QED) is 0.848. The summed E-state index contributed by atoms with van der Waals surface area (Å²) in [5, 5.41) is 12.5. The number of likely N-dealkylation sites (tertiary alicyclic amines) is 1. The predicted octanol–water partition coefficient (Wildman–Crippen LogP) is 1.64. The average molecular weight is 262 g/mol. The lowest BCUT2D eigenvalue weighted by Gasteiger charge is -2.43. The highest BCUT2D eigenvalue weighted by Crippen LogP contribution is 2.19. The molecular weight excluding hydrogens is 240 g/mol.